The van der Waals surface area contributed by atoms with Crippen LogP contribution in [-0.2, 0) is 0 Å². The van der Waals surface area contributed by atoms with Gasteiger partial charge in [-0.25, -0.2) is 0 Å². The first kappa shape index (κ1) is 53.2. The van der Waals surface area contributed by atoms with Gasteiger partial charge in [0.15, 0.2) is 0 Å². The fraction of sp³-hybridized carbons (Fsp3) is 1.00. The Morgan fingerprint density at radius 3 is 0.188 bits per heavy atom. The molecule has 32 heavy (non-hydrogen) atoms. The topological polar surface area (TPSA) is 162 Å². The highest BCUT2D eigenvalue weighted by Crippen LogP contribution is 1.67. The van der Waals surface area contributed by atoms with Crippen molar-refractivity contribution in [3.63, 3.8) is 0 Å². The zero-order valence-corrected chi connectivity index (χ0v) is 24.2. The molecule has 0 aromatic heterocycles. The summed E-state index contributed by atoms with van der Waals surface area (Å²) in [5.74, 6) is 0. The van der Waals surface area contributed by atoms with Crippen LogP contribution in [0, 0.1) is 0 Å². The van der Waals surface area contributed by atoms with Crippen LogP contribution in [0.1, 0.15) is 111 Å². The molecule has 0 heterocycles. The molecule has 8 heteroatoms. The summed E-state index contributed by atoms with van der Waals surface area (Å²) in [7, 11) is 0. The minimum Gasteiger partial charge on any atom is -0.394 e. The molecule has 0 unspecified atom stereocenters. The van der Waals surface area contributed by atoms with Gasteiger partial charge in [0.25, 0.3) is 0 Å². The fourth-order valence-electron chi connectivity index (χ4n) is 0. The average molecular weight is 481 g/mol. The van der Waals surface area contributed by atoms with E-state index in [2.05, 4.69) is 0 Å². The molecule has 0 saturated heterocycles. The average Bonchev–Trinajstić information content (AvgIpc) is 2.30. The predicted octanol–water partition coefficient (Wildman–Crippen LogP) is 3.10. The van der Waals surface area contributed by atoms with Crippen molar-refractivity contribution in [1.82, 2.24) is 0 Å². The third-order valence-electron chi connectivity index (χ3n) is 0. The molecule has 0 rings (SSSR count). The van der Waals surface area contributed by atoms with Crippen molar-refractivity contribution in [3.8, 4) is 0 Å². The van der Waals surface area contributed by atoms with E-state index in [1.54, 1.807) is 111 Å². The lowest BCUT2D eigenvalue weighted by Crippen LogP contribution is -1.85. The molecular formula is C24H64O8. The van der Waals surface area contributed by atoms with E-state index >= 15 is 0 Å². The SMILES string of the molecule is CC(C)O.CC(C)O.CC(C)O.CC(C)O.CC(C)O.CC(C)O.CC(C)O.CC(C)O. The Morgan fingerprint density at radius 1 is 0.188 bits per heavy atom. The normalized spacial score (nSPS) is 9.00. The van der Waals surface area contributed by atoms with E-state index < -0.39 is 0 Å². The van der Waals surface area contributed by atoms with Gasteiger partial charge in [0.05, 0.1) is 0 Å². The summed E-state index contributed by atoms with van der Waals surface area (Å²) in [6.07, 6.45) is -1.33. The van der Waals surface area contributed by atoms with Crippen LogP contribution in [0.2, 0.25) is 0 Å². The van der Waals surface area contributed by atoms with E-state index in [0.29, 0.717) is 0 Å². The van der Waals surface area contributed by atoms with Crippen LogP contribution in [-0.4, -0.2) is 89.7 Å². The van der Waals surface area contributed by atoms with Crippen LogP contribution in [0.25, 0.3) is 0 Å². The molecule has 0 radical (unpaired) electrons. The molecule has 0 aromatic rings. The molecule has 0 bridgehead atoms. The third-order valence-corrected chi connectivity index (χ3v) is 0. The minimum atomic E-state index is -0.167. The van der Waals surface area contributed by atoms with Crippen molar-refractivity contribution in [2.45, 2.75) is 160 Å². The largest absolute Gasteiger partial charge is 0.394 e. The maximum Gasteiger partial charge on any atom is 0.0483 e. The van der Waals surface area contributed by atoms with Gasteiger partial charge in [-0.15, -0.1) is 0 Å². The maximum atomic E-state index is 8.06. The van der Waals surface area contributed by atoms with E-state index in [9.17, 15) is 0 Å². The fourth-order valence-corrected chi connectivity index (χ4v) is 0. The van der Waals surface area contributed by atoms with Crippen molar-refractivity contribution in [2.24, 2.45) is 0 Å². The summed E-state index contributed by atoms with van der Waals surface area (Å²) in [5, 5.41) is 64.4. The minimum absolute atomic E-state index is 0.167. The lowest BCUT2D eigenvalue weighted by atomic mass is 10.5. The summed E-state index contributed by atoms with van der Waals surface area (Å²) < 4.78 is 0. The zero-order valence-electron chi connectivity index (χ0n) is 24.2. The number of aliphatic hydroxyl groups excluding tert-OH is 8. The zero-order chi connectivity index (χ0) is 28.6. The summed E-state index contributed by atoms with van der Waals surface area (Å²) in [6, 6.07) is 0. The highest BCUT2D eigenvalue weighted by molar-refractivity contribution is 4.23. The molecule has 8 N–H and O–H groups in total. The van der Waals surface area contributed by atoms with Crippen LogP contribution in [0.5, 0.6) is 0 Å². The Bertz CT molecular complexity index is 136. The van der Waals surface area contributed by atoms with E-state index in [1.165, 1.54) is 0 Å². The summed E-state index contributed by atoms with van der Waals surface area (Å²) >= 11 is 0. The molecule has 0 fully saturated rings. The molecule has 0 aliphatic rings. The number of hydrogen-bond acceptors (Lipinski definition) is 8. The van der Waals surface area contributed by atoms with Gasteiger partial charge in [0, 0.05) is 48.8 Å². The highest BCUT2D eigenvalue weighted by Gasteiger charge is 1.71. The molecule has 0 atom stereocenters. The first-order valence-corrected chi connectivity index (χ1v) is 11.3. The second-order valence-corrected chi connectivity index (χ2v) is 8.75. The van der Waals surface area contributed by atoms with E-state index in [-0.39, 0.29) is 48.8 Å². The molecule has 8 nitrogen and oxygen atoms in total. The quantitative estimate of drug-likeness (QED) is 0.262. The van der Waals surface area contributed by atoms with Gasteiger partial charge in [-0.1, -0.05) is 0 Å². The summed E-state index contributed by atoms with van der Waals surface area (Å²) in [6.45, 7) is 27.6. The van der Waals surface area contributed by atoms with Gasteiger partial charge in [-0.2, -0.15) is 0 Å². The number of aliphatic hydroxyl groups is 8. The van der Waals surface area contributed by atoms with Crippen LogP contribution in [0.3, 0.4) is 0 Å². The standard InChI is InChI=1S/8C3H8O/c8*1-3(2)4/h8*3-4H,1-2H3. The second-order valence-electron chi connectivity index (χ2n) is 8.75. The first-order chi connectivity index (χ1) is 13.9. The number of rotatable bonds is 0. The van der Waals surface area contributed by atoms with Crippen molar-refractivity contribution in [1.29, 1.82) is 0 Å². The van der Waals surface area contributed by atoms with Gasteiger partial charge in [0.1, 0.15) is 0 Å². The van der Waals surface area contributed by atoms with E-state index in [1.807, 2.05) is 0 Å². The van der Waals surface area contributed by atoms with Crippen molar-refractivity contribution < 1.29 is 40.9 Å². The van der Waals surface area contributed by atoms with E-state index in [4.69, 9.17) is 40.9 Å². The van der Waals surface area contributed by atoms with Crippen LogP contribution >= 0.6 is 0 Å². The predicted molar refractivity (Wildman–Crippen MR) is 139 cm³/mol. The molecular weight excluding hydrogens is 416 g/mol. The third kappa shape index (κ3) is 238000. The summed E-state index contributed by atoms with van der Waals surface area (Å²) in [4.78, 5) is 0. The molecule has 208 valence electrons. The van der Waals surface area contributed by atoms with Gasteiger partial charge in [-0.3, -0.25) is 0 Å². The molecule has 0 aliphatic heterocycles. The smallest absolute Gasteiger partial charge is 0.0483 e. The molecule has 0 aliphatic carbocycles. The molecule has 0 saturated carbocycles. The van der Waals surface area contributed by atoms with Crippen LogP contribution in [0.4, 0.5) is 0 Å². The Labute approximate surface area is 201 Å². The highest BCUT2D eigenvalue weighted by atomic mass is 16.3. The maximum absolute atomic E-state index is 8.06. The molecule has 0 aromatic carbocycles. The molecule has 0 spiro atoms. The van der Waals surface area contributed by atoms with Crippen molar-refractivity contribution in [2.75, 3.05) is 0 Å². The Balaban J connectivity index is -0.0000000343. The number of hydrogen-bond donors (Lipinski definition) is 8. The Kier molecular flexibility index (Phi) is 80.1. The first-order valence-electron chi connectivity index (χ1n) is 11.3. The van der Waals surface area contributed by atoms with Crippen molar-refractivity contribution >= 4 is 0 Å². The van der Waals surface area contributed by atoms with Gasteiger partial charge in [0.2, 0.25) is 0 Å². The van der Waals surface area contributed by atoms with Crippen LogP contribution < -0.4 is 0 Å². The Hall–Kier alpha value is -0.320. The van der Waals surface area contributed by atoms with Gasteiger partial charge < -0.3 is 40.9 Å². The summed E-state index contributed by atoms with van der Waals surface area (Å²) in [5.41, 5.74) is 0. The lowest BCUT2D eigenvalue weighted by Gasteiger charge is -1.80. The van der Waals surface area contributed by atoms with Crippen LogP contribution in [0.15, 0.2) is 0 Å². The van der Waals surface area contributed by atoms with Gasteiger partial charge >= 0.3 is 0 Å². The van der Waals surface area contributed by atoms with Gasteiger partial charge in [-0.05, 0) is 111 Å². The Morgan fingerprint density at radius 2 is 0.188 bits per heavy atom. The van der Waals surface area contributed by atoms with Crippen molar-refractivity contribution in [3.05, 3.63) is 0 Å². The second kappa shape index (κ2) is 48.2. The lowest BCUT2D eigenvalue weighted by molar-refractivity contribution is 0.215. The molecule has 0 amide bonds. The monoisotopic (exact) mass is 480 g/mol. The van der Waals surface area contributed by atoms with E-state index in [0.717, 1.165) is 0 Å².